The Morgan fingerprint density at radius 1 is 1.32 bits per heavy atom. The third-order valence-corrected chi connectivity index (χ3v) is 2.38. The second kappa shape index (κ2) is 4.38. The van der Waals surface area contributed by atoms with Crippen LogP contribution in [0.3, 0.4) is 0 Å². The summed E-state index contributed by atoms with van der Waals surface area (Å²) in [5.41, 5.74) is -0.133. The minimum atomic E-state index is -1.06. The van der Waals surface area contributed by atoms with Crippen LogP contribution in [0.5, 0.6) is 0 Å². The van der Waals surface area contributed by atoms with Crippen molar-refractivity contribution in [2.24, 2.45) is 0 Å². The molecule has 0 fully saturated rings. The predicted molar refractivity (Wildman–Crippen MR) is 68.3 cm³/mol. The Labute approximate surface area is 109 Å². The van der Waals surface area contributed by atoms with Crippen LogP contribution in [0, 0.1) is 0 Å². The SMILES string of the molecule is CC(C)(C)OC(=O)n1ncc2ccc(C(=O)O)cc21. The van der Waals surface area contributed by atoms with Crippen molar-refractivity contribution in [1.29, 1.82) is 0 Å². The Kier molecular flexibility index (Phi) is 3.01. The molecule has 1 aromatic carbocycles. The van der Waals surface area contributed by atoms with E-state index in [1.165, 1.54) is 18.3 Å². The number of aromatic carboxylic acids is 1. The molecule has 2 aromatic rings. The Morgan fingerprint density at radius 2 is 2.00 bits per heavy atom. The van der Waals surface area contributed by atoms with E-state index in [9.17, 15) is 9.59 Å². The Morgan fingerprint density at radius 3 is 2.58 bits per heavy atom. The minimum absolute atomic E-state index is 0.0952. The number of hydrogen-bond acceptors (Lipinski definition) is 4. The third-order valence-electron chi connectivity index (χ3n) is 2.38. The van der Waals surface area contributed by atoms with Gasteiger partial charge in [0.1, 0.15) is 5.60 Å². The lowest BCUT2D eigenvalue weighted by molar-refractivity contribution is 0.0521. The van der Waals surface area contributed by atoms with E-state index in [2.05, 4.69) is 5.10 Å². The molecule has 0 radical (unpaired) electrons. The molecule has 0 aliphatic heterocycles. The summed E-state index contributed by atoms with van der Waals surface area (Å²) < 4.78 is 6.27. The number of aromatic nitrogens is 2. The minimum Gasteiger partial charge on any atom is -0.478 e. The van der Waals surface area contributed by atoms with Crippen molar-refractivity contribution in [3.8, 4) is 0 Å². The summed E-state index contributed by atoms with van der Waals surface area (Å²) in [6, 6.07) is 4.47. The smallest absolute Gasteiger partial charge is 0.435 e. The summed E-state index contributed by atoms with van der Waals surface area (Å²) in [6.45, 7) is 5.25. The van der Waals surface area contributed by atoms with Crippen molar-refractivity contribution in [3.05, 3.63) is 30.0 Å². The number of carbonyl (C=O) groups excluding carboxylic acids is 1. The molecule has 6 nitrogen and oxygen atoms in total. The molecule has 6 heteroatoms. The maximum Gasteiger partial charge on any atom is 0.435 e. The highest BCUT2D eigenvalue weighted by Crippen LogP contribution is 2.18. The number of carbonyl (C=O) groups is 2. The monoisotopic (exact) mass is 262 g/mol. The van der Waals surface area contributed by atoms with Gasteiger partial charge in [-0.15, -0.1) is 0 Å². The van der Waals surface area contributed by atoms with Gasteiger partial charge in [-0.05, 0) is 32.9 Å². The highest BCUT2D eigenvalue weighted by molar-refractivity contribution is 5.95. The zero-order valence-corrected chi connectivity index (χ0v) is 10.9. The topological polar surface area (TPSA) is 81.4 Å². The first kappa shape index (κ1) is 13.1. The highest BCUT2D eigenvalue weighted by atomic mass is 16.6. The molecule has 0 aliphatic carbocycles. The van der Waals surface area contributed by atoms with Gasteiger partial charge in [0.15, 0.2) is 0 Å². The quantitative estimate of drug-likeness (QED) is 0.853. The largest absolute Gasteiger partial charge is 0.478 e. The van der Waals surface area contributed by atoms with Crippen molar-refractivity contribution in [2.45, 2.75) is 26.4 Å². The molecule has 0 saturated carbocycles. The van der Waals surface area contributed by atoms with Crippen LogP contribution in [0.15, 0.2) is 24.4 Å². The van der Waals surface area contributed by atoms with Crippen molar-refractivity contribution in [3.63, 3.8) is 0 Å². The molecule has 19 heavy (non-hydrogen) atoms. The van der Waals surface area contributed by atoms with E-state index in [4.69, 9.17) is 9.84 Å². The fraction of sp³-hybridized carbons (Fsp3) is 0.308. The summed E-state index contributed by atoms with van der Waals surface area (Å²) in [5, 5.41) is 13.6. The Hall–Kier alpha value is -2.37. The molecule has 0 spiro atoms. The van der Waals surface area contributed by atoms with E-state index in [-0.39, 0.29) is 5.56 Å². The predicted octanol–water partition coefficient (Wildman–Crippen LogP) is 2.52. The second-order valence-corrected chi connectivity index (χ2v) is 5.12. The lowest BCUT2D eigenvalue weighted by Crippen LogP contribution is -2.27. The van der Waals surface area contributed by atoms with Crippen LogP contribution in [-0.4, -0.2) is 32.6 Å². The number of rotatable bonds is 1. The van der Waals surface area contributed by atoms with Gasteiger partial charge in [0.25, 0.3) is 0 Å². The third kappa shape index (κ3) is 2.73. The molecular weight excluding hydrogens is 248 g/mol. The van der Waals surface area contributed by atoms with Gasteiger partial charge < -0.3 is 9.84 Å². The molecule has 2 rings (SSSR count). The van der Waals surface area contributed by atoms with E-state index in [0.717, 1.165) is 4.68 Å². The maximum absolute atomic E-state index is 11.9. The standard InChI is InChI=1S/C13H14N2O4/c1-13(2,3)19-12(18)15-10-6-8(11(16)17)4-5-9(10)7-14-15/h4-7H,1-3H3,(H,16,17). The lowest BCUT2D eigenvalue weighted by atomic mass is 10.2. The molecule has 1 aromatic heterocycles. The van der Waals surface area contributed by atoms with Gasteiger partial charge in [-0.25, -0.2) is 9.59 Å². The normalized spacial score (nSPS) is 11.5. The van der Waals surface area contributed by atoms with Gasteiger partial charge in [0, 0.05) is 5.39 Å². The van der Waals surface area contributed by atoms with Crippen LogP contribution in [0.4, 0.5) is 4.79 Å². The van der Waals surface area contributed by atoms with E-state index < -0.39 is 17.7 Å². The fourth-order valence-electron chi connectivity index (χ4n) is 1.60. The fourth-order valence-corrected chi connectivity index (χ4v) is 1.60. The first-order chi connectivity index (χ1) is 8.78. The van der Waals surface area contributed by atoms with E-state index in [1.54, 1.807) is 26.8 Å². The van der Waals surface area contributed by atoms with Gasteiger partial charge in [-0.3, -0.25) is 0 Å². The number of benzene rings is 1. The summed E-state index contributed by atoms with van der Waals surface area (Å²) in [5.74, 6) is -1.06. The van der Waals surface area contributed by atoms with Gasteiger partial charge in [0.2, 0.25) is 0 Å². The molecule has 0 saturated heterocycles. The second-order valence-electron chi connectivity index (χ2n) is 5.12. The Balaban J connectivity index is 2.46. The van der Waals surface area contributed by atoms with Crippen LogP contribution < -0.4 is 0 Å². The summed E-state index contributed by atoms with van der Waals surface area (Å²) in [6.07, 6.45) is 0.857. The highest BCUT2D eigenvalue weighted by Gasteiger charge is 2.20. The summed E-state index contributed by atoms with van der Waals surface area (Å²) in [4.78, 5) is 22.9. The van der Waals surface area contributed by atoms with Gasteiger partial charge >= 0.3 is 12.1 Å². The van der Waals surface area contributed by atoms with Crippen LogP contribution in [0.25, 0.3) is 10.9 Å². The van der Waals surface area contributed by atoms with Gasteiger partial charge in [-0.1, -0.05) is 6.07 Å². The number of carboxylic acids is 1. The van der Waals surface area contributed by atoms with Crippen LogP contribution in [-0.2, 0) is 4.74 Å². The van der Waals surface area contributed by atoms with E-state index >= 15 is 0 Å². The number of carboxylic acid groups (broad SMARTS) is 1. The van der Waals surface area contributed by atoms with E-state index in [0.29, 0.717) is 10.9 Å². The van der Waals surface area contributed by atoms with Crippen LogP contribution >= 0.6 is 0 Å². The maximum atomic E-state index is 11.9. The first-order valence-electron chi connectivity index (χ1n) is 5.72. The molecule has 1 N–H and O–H groups in total. The lowest BCUT2D eigenvalue weighted by Gasteiger charge is -2.19. The number of fused-ring (bicyclic) bond motifs is 1. The van der Waals surface area contributed by atoms with Crippen molar-refractivity contribution < 1.29 is 19.4 Å². The average Bonchev–Trinajstić information content (AvgIpc) is 2.68. The summed E-state index contributed by atoms with van der Waals surface area (Å²) in [7, 11) is 0. The summed E-state index contributed by atoms with van der Waals surface area (Å²) >= 11 is 0. The molecule has 1 heterocycles. The molecule has 0 amide bonds. The average molecular weight is 262 g/mol. The zero-order chi connectivity index (χ0) is 14.2. The van der Waals surface area contributed by atoms with Crippen LogP contribution in [0.2, 0.25) is 0 Å². The molecule has 0 unspecified atom stereocenters. The van der Waals surface area contributed by atoms with Crippen molar-refractivity contribution in [2.75, 3.05) is 0 Å². The van der Waals surface area contributed by atoms with Gasteiger partial charge in [0.05, 0.1) is 17.3 Å². The molecule has 0 atom stereocenters. The zero-order valence-electron chi connectivity index (χ0n) is 10.9. The number of hydrogen-bond donors (Lipinski definition) is 1. The van der Waals surface area contributed by atoms with E-state index in [1.807, 2.05) is 0 Å². The van der Waals surface area contributed by atoms with Gasteiger partial charge in [-0.2, -0.15) is 9.78 Å². The first-order valence-corrected chi connectivity index (χ1v) is 5.72. The number of ether oxygens (including phenoxy) is 1. The molecular formula is C13H14N2O4. The van der Waals surface area contributed by atoms with Crippen LogP contribution in [0.1, 0.15) is 31.1 Å². The molecule has 0 bridgehead atoms. The molecule has 100 valence electrons. The number of nitrogens with zero attached hydrogens (tertiary/aromatic N) is 2. The van der Waals surface area contributed by atoms with Crippen molar-refractivity contribution >= 4 is 23.0 Å². The molecule has 0 aliphatic rings. The Bertz CT molecular complexity index is 652. The van der Waals surface area contributed by atoms with Crippen molar-refractivity contribution in [1.82, 2.24) is 9.78 Å².